The number of benzene rings is 1. The highest BCUT2D eigenvalue weighted by Gasteiger charge is 2.14. The van der Waals surface area contributed by atoms with Crippen LogP contribution in [0.3, 0.4) is 0 Å². The molecule has 78 valence electrons. The Morgan fingerprint density at radius 1 is 1.14 bits per heavy atom. The Hall–Kier alpha value is -0.240. The van der Waals surface area contributed by atoms with Crippen LogP contribution in [-0.4, -0.2) is 0 Å². The van der Waals surface area contributed by atoms with Crippen LogP contribution in [-0.2, 0) is 0 Å². The second-order valence-corrected chi connectivity index (χ2v) is 4.71. The van der Waals surface area contributed by atoms with Gasteiger partial charge in [-0.05, 0) is 36.1 Å². The Kier molecular flexibility index (Phi) is 3.82. The Balaban J connectivity index is 3.15. The summed E-state index contributed by atoms with van der Waals surface area (Å²) in [5.41, 5.74) is 8.23. The van der Waals surface area contributed by atoms with Gasteiger partial charge < -0.3 is 5.73 Å². The first kappa shape index (κ1) is 11.8. The van der Waals surface area contributed by atoms with Crippen molar-refractivity contribution in [2.75, 3.05) is 0 Å². The molecule has 1 atom stereocenters. The van der Waals surface area contributed by atoms with E-state index in [-0.39, 0.29) is 6.04 Å². The number of hydrogen-bond acceptors (Lipinski definition) is 1. The first-order valence-corrected chi connectivity index (χ1v) is 5.40. The molecule has 1 nitrogen and oxygen atoms in total. The quantitative estimate of drug-likeness (QED) is 0.820. The largest absolute Gasteiger partial charge is 0.324 e. The van der Waals surface area contributed by atoms with Crippen LogP contribution in [0.25, 0.3) is 0 Å². The summed E-state index contributed by atoms with van der Waals surface area (Å²) in [5.74, 6) is 0.394. The number of rotatable bonds is 2. The Morgan fingerprint density at radius 3 is 2.14 bits per heavy atom. The number of aryl methyl sites for hydroxylation is 1. The summed E-state index contributed by atoms with van der Waals surface area (Å²) in [4.78, 5) is 0. The molecule has 1 aromatic rings. The average Bonchev–Trinajstić information content (AvgIpc) is 2.10. The third-order valence-corrected chi connectivity index (χ3v) is 3.11. The van der Waals surface area contributed by atoms with Gasteiger partial charge in [-0.15, -0.1) is 0 Å². The van der Waals surface area contributed by atoms with Gasteiger partial charge >= 0.3 is 0 Å². The van der Waals surface area contributed by atoms with Crippen molar-refractivity contribution in [3.05, 3.63) is 33.3 Å². The lowest BCUT2D eigenvalue weighted by atomic mass is 9.94. The lowest BCUT2D eigenvalue weighted by Crippen LogP contribution is -2.17. The molecular formula is C11H15Cl2N. The molecule has 3 heteroatoms. The highest BCUT2D eigenvalue weighted by molar-refractivity contribution is 6.42. The van der Waals surface area contributed by atoms with E-state index in [0.29, 0.717) is 16.0 Å². The van der Waals surface area contributed by atoms with Crippen molar-refractivity contribution < 1.29 is 0 Å². The Labute approximate surface area is 95.2 Å². The smallest absolute Gasteiger partial charge is 0.0595 e. The van der Waals surface area contributed by atoms with E-state index in [2.05, 4.69) is 13.8 Å². The molecule has 1 aromatic carbocycles. The van der Waals surface area contributed by atoms with Gasteiger partial charge in [-0.1, -0.05) is 37.0 Å². The minimum Gasteiger partial charge on any atom is -0.324 e. The summed E-state index contributed by atoms with van der Waals surface area (Å²) in [6.07, 6.45) is 0. The van der Waals surface area contributed by atoms with Crippen LogP contribution in [0.5, 0.6) is 0 Å². The third kappa shape index (κ3) is 2.41. The van der Waals surface area contributed by atoms with Crippen LogP contribution < -0.4 is 5.73 Å². The van der Waals surface area contributed by atoms with Gasteiger partial charge in [-0.25, -0.2) is 0 Å². The molecule has 0 aliphatic carbocycles. The van der Waals surface area contributed by atoms with Crippen LogP contribution in [0.15, 0.2) is 12.1 Å². The van der Waals surface area contributed by atoms with Gasteiger partial charge in [0.1, 0.15) is 0 Å². The molecular weight excluding hydrogens is 217 g/mol. The summed E-state index contributed by atoms with van der Waals surface area (Å²) in [5, 5.41) is 1.16. The van der Waals surface area contributed by atoms with Crippen molar-refractivity contribution in [1.29, 1.82) is 0 Å². The van der Waals surface area contributed by atoms with Crippen molar-refractivity contribution in [1.82, 2.24) is 0 Å². The predicted molar refractivity (Wildman–Crippen MR) is 63.0 cm³/mol. The minimum atomic E-state index is 0.0183. The van der Waals surface area contributed by atoms with Crippen molar-refractivity contribution in [2.24, 2.45) is 11.7 Å². The summed E-state index contributed by atoms with van der Waals surface area (Å²) in [6.45, 7) is 6.18. The average molecular weight is 232 g/mol. The molecule has 14 heavy (non-hydrogen) atoms. The van der Waals surface area contributed by atoms with E-state index in [1.165, 1.54) is 0 Å². The van der Waals surface area contributed by atoms with E-state index in [9.17, 15) is 0 Å². The van der Waals surface area contributed by atoms with Crippen LogP contribution in [0.4, 0.5) is 0 Å². The molecule has 0 spiro atoms. The van der Waals surface area contributed by atoms with Crippen molar-refractivity contribution in [2.45, 2.75) is 26.8 Å². The number of halogens is 2. The second-order valence-electron chi connectivity index (χ2n) is 3.89. The van der Waals surface area contributed by atoms with E-state index >= 15 is 0 Å². The molecule has 0 radical (unpaired) electrons. The maximum absolute atomic E-state index is 6.06. The molecule has 0 amide bonds. The van der Waals surface area contributed by atoms with Crippen LogP contribution >= 0.6 is 23.2 Å². The molecule has 0 bridgehead atoms. The van der Waals surface area contributed by atoms with Gasteiger partial charge in [0, 0.05) is 6.04 Å². The van der Waals surface area contributed by atoms with Gasteiger partial charge in [0.15, 0.2) is 0 Å². The lowest BCUT2D eigenvalue weighted by Gasteiger charge is -2.19. The maximum atomic E-state index is 6.06. The highest BCUT2D eigenvalue weighted by atomic mass is 35.5. The zero-order valence-corrected chi connectivity index (χ0v) is 10.2. The molecule has 0 heterocycles. The maximum Gasteiger partial charge on any atom is 0.0595 e. The monoisotopic (exact) mass is 231 g/mol. The number of nitrogens with two attached hydrogens (primary N) is 1. The highest BCUT2D eigenvalue weighted by Crippen LogP contribution is 2.30. The normalized spacial score (nSPS) is 13.4. The number of hydrogen-bond donors (Lipinski definition) is 1. The molecule has 0 aliphatic heterocycles. The fraction of sp³-hybridized carbons (Fsp3) is 0.455. The van der Waals surface area contributed by atoms with Crippen molar-refractivity contribution >= 4 is 23.2 Å². The summed E-state index contributed by atoms with van der Waals surface area (Å²) in [7, 11) is 0. The van der Waals surface area contributed by atoms with E-state index in [1.807, 2.05) is 19.1 Å². The van der Waals surface area contributed by atoms with E-state index in [0.717, 1.165) is 11.1 Å². The molecule has 0 saturated heterocycles. The summed E-state index contributed by atoms with van der Waals surface area (Å²) >= 11 is 11.8. The van der Waals surface area contributed by atoms with Crippen molar-refractivity contribution in [3.63, 3.8) is 0 Å². The molecule has 1 rings (SSSR count). The van der Waals surface area contributed by atoms with E-state index < -0.39 is 0 Å². The zero-order valence-electron chi connectivity index (χ0n) is 8.64. The van der Waals surface area contributed by atoms with Crippen LogP contribution in [0.2, 0.25) is 10.0 Å². The molecule has 0 unspecified atom stereocenters. The second kappa shape index (κ2) is 4.52. The van der Waals surface area contributed by atoms with Gasteiger partial charge in [-0.2, -0.15) is 0 Å². The van der Waals surface area contributed by atoms with Crippen LogP contribution in [0, 0.1) is 12.8 Å². The summed E-state index contributed by atoms with van der Waals surface area (Å²) in [6, 6.07) is 3.75. The van der Waals surface area contributed by atoms with E-state index in [1.54, 1.807) is 0 Å². The molecule has 0 fully saturated rings. The molecule has 0 aliphatic rings. The fourth-order valence-corrected chi connectivity index (χ4v) is 1.77. The van der Waals surface area contributed by atoms with Gasteiger partial charge in [-0.3, -0.25) is 0 Å². The first-order chi connectivity index (χ1) is 6.43. The predicted octanol–water partition coefficient (Wildman–Crippen LogP) is 3.96. The lowest BCUT2D eigenvalue weighted by molar-refractivity contribution is 0.512. The Morgan fingerprint density at radius 2 is 1.64 bits per heavy atom. The fourth-order valence-electron chi connectivity index (χ4n) is 1.38. The van der Waals surface area contributed by atoms with Gasteiger partial charge in [0.25, 0.3) is 0 Å². The van der Waals surface area contributed by atoms with Gasteiger partial charge in [0.2, 0.25) is 0 Å². The SMILES string of the molecule is Cc1cc(Cl)c(Cl)cc1[C@H](N)C(C)C. The van der Waals surface area contributed by atoms with Crippen molar-refractivity contribution in [3.8, 4) is 0 Å². The minimum absolute atomic E-state index is 0.0183. The molecule has 2 N–H and O–H groups in total. The standard InChI is InChI=1S/C11H15Cl2N/c1-6(2)11(14)8-5-10(13)9(12)4-7(8)3/h4-6,11H,14H2,1-3H3/t11-/m1/s1. The summed E-state index contributed by atoms with van der Waals surface area (Å²) < 4.78 is 0. The van der Waals surface area contributed by atoms with Crippen LogP contribution in [0.1, 0.15) is 31.0 Å². The third-order valence-electron chi connectivity index (χ3n) is 2.39. The topological polar surface area (TPSA) is 26.0 Å². The Bertz CT molecular complexity index is 334. The molecule has 0 saturated carbocycles. The zero-order chi connectivity index (χ0) is 10.9. The molecule has 0 aromatic heterocycles. The van der Waals surface area contributed by atoms with E-state index in [4.69, 9.17) is 28.9 Å². The first-order valence-electron chi connectivity index (χ1n) is 4.64. The van der Waals surface area contributed by atoms with Gasteiger partial charge in [0.05, 0.1) is 10.0 Å².